The second kappa shape index (κ2) is 6.38. The zero-order chi connectivity index (χ0) is 20.2. The van der Waals surface area contributed by atoms with Crippen molar-refractivity contribution < 1.29 is 22.4 Å². The Bertz CT molecular complexity index is 1110. The molecular formula is C17H18FN5O4S. The Morgan fingerprint density at radius 3 is 2.86 bits per heavy atom. The van der Waals surface area contributed by atoms with Crippen molar-refractivity contribution in [3.05, 3.63) is 40.8 Å². The van der Waals surface area contributed by atoms with Crippen LogP contribution in [0.5, 0.6) is 0 Å². The molecular weight excluding hydrogens is 389 g/mol. The molecule has 2 aliphatic heterocycles. The molecule has 0 fully saturated rings. The zero-order valence-corrected chi connectivity index (χ0v) is 15.8. The predicted molar refractivity (Wildman–Crippen MR) is 98.6 cm³/mol. The number of hydrogen-bond acceptors (Lipinski definition) is 6. The third kappa shape index (κ3) is 3.06. The molecule has 28 heavy (non-hydrogen) atoms. The van der Waals surface area contributed by atoms with Crippen LogP contribution in [-0.2, 0) is 27.8 Å². The predicted octanol–water partition coefficient (Wildman–Crippen LogP) is 0.688. The number of nitrogens with one attached hydrogen (secondary N) is 1. The lowest BCUT2D eigenvalue weighted by Crippen LogP contribution is -2.35. The number of nitrogens with zero attached hydrogens (tertiary/aromatic N) is 3. The molecule has 148 valence electrons. The van der Waals surface area contributed by atoms with Gasteiger partial charge in [0.15, 0.2) is 0 Å². The summed E-state index contributed by atoms with van der Waals surface area (Å²) in [4.78, 5) is 25.1. The first-order valence-corrected chi connectivity index (χ1v) is 10.4. The first kappa shape index (κ1) is 18.6. The summed E-state index contributed by atoms with van der Waals surface area (Å²) in [5, 5.41) is 6.84. The van der Waals surface area contributed by atoms with Gasteiger partial charge in [0.05, 0.1) is 24.4 Å². The number of aromatic nitrogens is 2. The summed E-state index contributed by atoms with van der Waals surface area (Å²) in [5.74, 6) is -2.26. The minimum absolute atomic E-state index is 0.0228. The number of carbonyl (C=O) groups excluding carboxylic acids is 2. The minimum atomic E-state index is -3.40. The van der Waals surface area contributed by atoms with E-state index in [9.17, 15) is 22.4 Å². The number of anilines is 2. The van der Waals surface area contributed by atoms with Crippen LogP contribution in [0, 0.1) is 5.82 Å². The molecule has 1 aromatic heterocycles. The maximum absolute atomic E-state index is 13.7. The smallest absolute Gasteiger partial charge is 0.256 e. The maximum Gasteiger partial charge on any atom is 0.256 e. The van der Waals surface area contributed by atoms with Gasteiger partial charge in [0.2, 0.25) is 15.9 Å². The second-order valence-corrected chi connectivity index (χ2v) is 8.93. The lowest BCUT2D eigenvalue weighted by Gasteiger charge is -2.24. The Hall–Kier alpha value is -2.79. The van der Waals surface area contributed by atoms with Crippen molar-refractivity contribution in [1.82, 2.24) is 14.1 Å². The molecule has 0 radical (unpaired) electrons. The van der Waals surface area contributed by atoms with E-state index in [0.29, 0.717) is 28.9 Å². The van der Waals surface area contributed by atoms with Crippen LogP contribution in [-0.4, -0.2) is 47.1 Å². The summed E-state index contributed by atoms with van der Waals surface area (Å²) in [6.45, 7) is 0.269. The van der Waals surface area contributed by atoms with Crippen LogP contribution in [0.2, 0.25) is 0 Å². The Labute approximate surface area is 160 Å². The highest BCUT2D eigenvalue weighted by molar-refractivity contribution is 7.88. The summed E-state index contributed by atoms with van der Waals surface area (Å²) < 4.78 is 39.6. The van der Waals surface area contributed by atoms with Crippen LogP contribution >= 0.6 is 0 Å². The van der Waals surface area contributed by atoms with E-state index in [2.05, 4.69) is 10.4 Å². The number of rotatable bonds is 2. The number of benzene rings is 1. The van der Waals surface area contributed by atoms with Gasteiger partial charge in [0.25, 0.3) is 5.91 Å². The van der Waals surface area contributed by atoms with Crippen molar-refractivity contribution in [3.63, 3.8) is 0 Å². The third-order valence-electron chi connectivity index (χ3n) is 5.07. The van der Waals surface area contributed by atoms with Gasteiger partial charge >= 0.3 is 0 Å². The van der Waals surface area contributed by atoms with Gasteiger partial charge in [0.1, 0.15) is 11.6 Å². The van der Waals surface area contributed by atoms with E-state index in [1.165, 1.54) is 22.5 Å². The molecule has 11 heteroatoms. The molecule has 1 atom stereocenters. The van der Waals surface area contributed by atoms with Crippen molar-refractivity contribution in [3.8, 4) is 0 Å². The van der Waals surface area contributed by atoms with Gasteiger partial charge in [-0.1, -0.05) is 0 Å². The van der Waals surface area contributed by atoms with Crippen molar-refractivity contribution in [1.29, 1.82) is 0 Å². The number of sulfonamides is 1. The lowest BCUT2D eigenvalue weighted by atomic mass is 9.89. The quantitative estimate of drug-likeness (QED) is 0.754. The Kier molecular flexibility index (Phi) is 4.23. The van der Waals surface area contributed by atoms with Gasteiger partial charge in [-0.3, -0.25) is 9.59 Å². The highest BCUT2D eigenvalue weighted by Gasteiger charge is 2.35. The molecule has 2 aromatic rings. The fraction of sp³-hybridized carbons (Fsp3) is 0.353. The van der Waals surface area contributed by atoms with Crippen LogP contribution < -0.4 is 11.1 Å². The Morgan fingerprint density at radius 1 is 1.39 bits per heavy atom. The normalized spacial score (nSPS) is 19.6. The van der Waals surface area contributed by atoms with Gasteiger partial charge in [0, 0.05) is 24.2 Å². The number of nitrogen functional groups attached to an aromatic ring is 1. The van der Waals surface area contributed by atoms with Crippen molar-refractivity contribution >= 4 is 33.3 Å². The number of nitrogens with two attached hydrogens (primary N) is 1. The summed E-state index contributed by atoms with van der Waals surface area (Å²) in [6, 6.07) is 3.82. The maximum atomic E-state index is 13.7. The summed E-state index contributed by atoms with van der Waals surface area (Å²) >= 11 is 0. The van der Waals surface area contributed by atoms with Crippen molar-refractivity contribution in [2.45, 2.75) is 25.3 Å². The van der Waals surface area contributed by atoms with Gasteiger partial charge in [-0.05, 0) is 30.2 Å². The summed E-state index contributed by atoms with van der Waals surface area (Å²) in [6.07, 6.45) is 1.28. The Morgan fingerprint density at radius 2 is 2.14 bits per heavy atom. The first-order chi connectivity index (χ1) is 13.1. The van der Waals surface area contributed by atoms with Crippen LogP contribution in [0.3, 0.4) is 0 Å². The zero-order valence-electron chi connectivity index (χ0n) is 15.0. The van der Waals surface area contributed by atoms with E-state index < -0.39 is 27.7 Å². The third-order valence-corrected chi connectivity index (χ3v) is 6.32. The van der Waals surface area contributed by atoms with Gasteiger partial charge in [-0.25, -0.2) is 12.8 Å². The van der Waals surface area contributed by atoms with Crippen molar-refractivity contribution in [2.24, 2.45) is 0 Å². The fourth-order valence-electron chi connectivity index (χ4n) is 3.64. The highest BCUT2D eigenvalue weighted by Crippen LogP contribution is 2.35. The molecule has 0 spiro atoms. The van der Waals surface area contributed by atoms with Crippen LogP contribution in [0.4, 0.5) is 15.9 Å². The van der Waals surface area contributed by atoms with E-state index in [-0.39, 0.29) is 31.2 Å². The van der Waals surface area contributed by atoms with E-state index in [1.807, 2.05) is 0 Å². The molecule has 0 saturated carbocycles. The highest BCUT2D eigenvalue weighted by atomic mass is 32.2. The molecule has 0 bridgehead atoms. The van der Waals surface area contributed by atoms with E-state index in [0.717, 1.165) is 10.9 Å². The van der Waals surface area contributed by atoms with Gasteiger partial charge in [-0.2, -0.15) is 14.1 Å². The molecule has 0 aliphatic carbocycles. The lowest BCUT2D eigenvalue weighted by molar-refractivity contribution is -0.116. The largest absolute Gasteiger partial charge is 0.383 e. The molecule has 3 N–H and O–H groups in total. The monoisotopic (exact) mass is 407 g/mol. The number of fused-ring (bicyclic) bond motifs is 2. The van der Waals surface area contributed by atoms with Gasteiger partial charge < -0.3 is 11.1 Å². The Balaban J connectivity index is 1.72. The number of amides is 1. The van der Waals surface area contributed by atoms with E-state index >= 15 is 0 Å². The van der Waals surface area contributed by atoms with E-state index in [1.54, 1.807) is 0 Å². The standard InChI is InChI=1S/C17H18FN5O4S/c1-28(26,27)22-5-4-10-14(8-22)21-23(16(10)19)17(25)12-7-15(24)20-13-3-2-9(18)6-11(12)13/h2-3,6,12H,4-5,7-8,19H2,1H3,(H,20,24). The average molecular weight is 407 g/mol. The van der Waals surface area contributed by atoms with Crippen LogP contribution in [0.15, 0.2) is 18.2 Å². The summed E-state index contributed by atoms with van der Waals surface area (Å²) in [7, 11) is -3.40. The van der Waals surface area contributed by atoms with Gasteiger partial charge in [-0.15, -0.1) is 0 Å². The molecule has 4 rings (SSSR count). The SMILES string of the molecule is CS(=O)(=O)N1CCc2c(nn(C(=O)C3CC(=O)Nc4ccc(F)cc43)c2N)C1. The first-order valence-electron chi connectivity index (χ1n) is 8.60. The summed E-state index contributed by atoms with van der Waals surface area (Å²) in [5.41, 5.74) is 7.86. The average Bonchev–Trinajstić information content (AvgIpc) is 2.96. The molecule has 9 nitrogen and oxygen atoms in total. The molecule has 3 heterocycles. The molecule has 2 aliphatic rings. The van der Waals surface area contributed by atoms with Crippen molar-refractivity contribution in [2.75, 3.05) is 23.9 Å². The molecule has 1 amide bonds. The minimum Gasteiger partial charge on any atom is -0.383 e. The molecule has 0 saturated heterocycles. The van der Waals surface area contributed by atoms with Crippen LogP contribution in [0.25, 0.3) is 0 Å². The number of halogens is 1. The van der Waals surface area contributed by atoms with Crippen LogP contribution in [0.1, 0.15) is 34.0 Å². The van der Waals surface area contributed by atoms with E-state index in [4.69, 9.17) is 5.73 Å². The number of hydrogen-bond donors (Lipinski definition) is 2. The number of carbonyl (C=O) groups is 2. The fourth-order valence-corrected chi connectivity index (χ4v) is 4.42. The molecule has 1 aromatic carbocycles. The second-order valence-electron chi connectivity index (χ2n) is 6.94. The topological polar surface area (TPSA) is 127 Å². The molecule has 1 unspecified atom stereocenters.